The van der Waals surface area contributed by atoms with Gasteiger partial charge in [0.1, 0.15) is 5.82 Å². The number of rotatable bonds is 6. The number of hydrogen-bond donors (Lipinski definition) is 1. The van der Waals surface area contributed by atoms with E-state index in [1.54, 1.807) is 13.2 Å². The van der Waals surface area contributed by atoms with Crippen LogP contribution in [-0.2, 0) is 11.3 Å². The molecule has 0 spiro atoms. The molecule has 1 N–H and O–H groups in total. The minimum Gasteiger partial charge on any atom is -0.383 e. The molecule has 1 aromatic rings. The van der Waals surface area contributed by atoms with Gasteiger partial charge >= 0.3 is 0 Å². The molecule has 0 saturated carbocycles. The van der Waals surface area contributed by atoms with Crippen molar-refractivity contribution in [2.45, 2.75) is 26.4 Å². The van der Waals surface area contributed by atoms with Crippen LogP contribution < -0.4 is 5.32 Å². The Labute approximate surface area is 108 Å². The Hall–Kier alpha value is -1.44. The normalized spacial score (nSPS) is 12.4. The highest BCUT2D eigenvalue weighted by molar-refractivity contribution is 5.33. The Bertz CT molecular complexity index is 426. The van der Waals surface area contributed by atoms with Gasteiger partial charge < -0.3 is 10.1 Å². The van der Waals surface area contributed by atoms with Gasteiger partial charge in [0.05, 0.1) is 18.2 Å². The highest BCUT2D eigenvalue weighted by Crippen LogP contribution is 2.11. The van der Waals surface area contributed by atoms with Crippen LogP contribution in [0.25, 0.3) is 0 Å². The van der Waals surface area contributed by atoms with Gasteiger partial charge in [-0.25, -0.2) is 4.39 Å². The van der Waals surface area contributed by atoms with E-state index < -0.39 is 0 Å². The number of halogens is 1. The predicted octanol–water partition coefficient (Wildman–Crippen LogP) is 2.46. The van der Waals surface area contributed by atoms with Gasteiger partial charge in [0.2, 0.25) is 0 Å². The first-order valence-corrected chi connectivity index (χ1v) is 5.99. The molecule has 0 aliphatic carbocycles. The SMILES string of the molecule is COCC(NCc1cc(C#N)ccc1F)C(C)C. The van der Waals surface area contributed by atoms with E-state index >= 15 is 0 Å². The smallest absolute Gasteiger partial charge is 0.127 e. The summed E-state index contributed by atoms with van der Waals surface area (Å²) in [7, 11) is 1.65. The van der Waals surface area contributed by atoms with E-state index in [1.807, 2.05) is 6.07 Å². The monoisotopic (exact) mass is 250 g/mol. The second-order valence-electron chi connectivity index (χ2n) is 4.60. The van der Waals surface area contributed by atoms with Crippen LogP contribution in [0.1, 0.15) is 25.0 Å². The lowest BCUT2D eigenvalue weighted by Crippen LogP contribution is -2.37. The van der Waals surface area contributed by atoms with Gasteiger partial charge in [-0.15, -0.1) is 0 Å². The van der Waals surface area contributed by atoms with E-state index in [2.05, 4.69) is 19.2 Å². The first kappa shape index (κ1) is 14.6. The Morgan fingerprint density at radius 1 is 1.44 bits per heavy atom. The summed E-state index contributed by atoms with van der Waals surface area (Å²) in [5.41, 5.74) is 0.983. The van der Waals surface area contributed by atoms with Crippen LogP contribution in [0.15, 0.2) is 18.2 Å². The maximum atomic E-state index is 13.6. The average Bonchev–Trinajstić information content (AvgIpc) is 2.35. The van der Waals surface area contributed by atoms with E-state index in [-0.39, 0.29) is 11.9 Å². The van der Waals surface area contributed by atoms with E-state index in [0.717, 1.165) is 0 Å². The van der Waals surface area contributed by atoms with Crippen LogP contribution in [0.5, 0.6) is 0 Å². The van der Waals surface area contributed by atoms with Crippen molar-refractivity contribution < 1.29 is 9.13 Å². The van der Waals surface area contributed by atoms with Gasteiger partial charge in [-0.3, -0.25) is 0 Å². The lowest BCUT2D eigenvalue weighted by molar-refractivity contribution is 0.146. The zero-order chi connectivity index (χ0) is 13.5. The lowest BCUT2D eigenvalue weighted by atomic mass is 10.0. The Morgan fingerprint density at radius 2 is 2.17 bits per heavy atom. The molecular weight excluding hydrogens is 231 g/mol. The zero-order valence-electron chi connectivity index (χ0n) is 11.0. The Balaban J connectivity index is 2.70. The fourth-order valence-corrected chi connectivity index (χ4v) is 1.69. The molecule has 0 bridgehead atoms. The topological polar surface area (TPSA) is 45.0 Å². The minimum atomic E-state index is -0.290. The summed E-state index contributed by atoms with van der Waals surface area (Å²) in [6, 6.07) is 6.56. The first-order valence-electron chi connectivity index (χ1n) is 5.99. The number of ether oxygens (including phenoxy) is 1. The minimum absolute atomic E-state index is 0.167. The number of nitriles is 1. The van der Waals surface area contributed by atoms with Gasteiger partial charge in [-0.05, 0) is 24.1 Å². The number of nitrogens with zero attached hydrogens (tertiary/aromatic N) is 1. The summed E-state index contributed by atoms with van der Waals surface area (Å²) < 4.78 is 18.7. The molecule has 0 heterocycles. The summed E-state index contributed by atoms with van der Waals surface area (Å²) in [6.07, 6.45) is 0. The molecule has 1 aromatic carbocycles. The molecule has 0 aliphatic rings. The van der Waals surface area contributed by atoms with E-state index in [1.165, 1.54) is 12.1 Å². The second-order valence-corrected chi connectivity index (χ2v) is 4.60. The zero-order valence-corrected chi connectivity index (χ0v) is 11.0. The highest BCUT2D eigenvalue weighted by Gasteiger charge is 2.13. The Kier molecular flexibility index (Phi) is 5.76. The molecule has 0 aliphatic heterocycles. The van der Waals surface area contributed by atoms with Gasteiger partial charge in [0.25, 0.3) is 0 Å². The molecule has 1 rings (SSSR count). The van der Waals surface area contributed by atoms with Crippen LogP contribution >= 0.6 is 0 Å². The largest absolute Gasteiger partial charge is 0.383 e. The van der Waals surface area contributed by atoms with Crippen LogP contribution in [-0.4, -0.2) is 19.8 Å². The van der Waals surface area contributed by atoms with Crippen molar-refractivity contribution in [2.24, 2.45) is 5.92 Å². The van der Waals surface area contributed by atoms with Crippen molar-refractivity contribution in [3.63, 3.8) is 0 Å². The fourth-order valence-electron chi connectivity index (χ4n) is 1.69. The number of methoxy groups -OCH3 is 1. The second kappa shape index (κ2) is 7.10. The van der Waals surface area contributed by atoms with Crippen molar-refractivity contribution in [3.8, 4) is 6.07 Å². The quantitative estimate of drug-likeness (QED) is 0.843. The predicted molar refractivity (Wildman–Crippen MR) is 68.5 cm³/mol. The molecule has 0 fully saturated rings. The maximum Gasteiger partial charge on any atom is 0.127 e. The van der Waals surface area contributed by atoms with Gasteiger partial charge in [0, 0.05) is 25.3 Å². The van der Waals surface area contributed by atoms with Crippen molar-refractivity contribution in [3.05, 3.63) is 35.1 Å². The summed E-state index contributed by atoms with van der Waals surface area (Å²) >= 11 is 0. The molecule has 1 unspecified atom stereocenters. The molecule has 3 nitrogen and oxygen atoms in total. The summed E-state index contributed by atoms with van der Waals surface area (Å²) in [5.74, 6) is 0.105. The van der Waals surface area contributed by atoms with E-state index in [4.69, 9.17) is 10.00 Å². The summed E-state index contributed by atoms with van der Waals surface area (Å²) in [5, 5.41) is 12.0. The maximum absolute atomic E-state index is 13.6. The molecule has 0 aromatic heterocycles. The van der Waals surface area contributed by atoms with Crippen molar-refractivity contribution >= 4 is 0 Å². The van der Waals surface area contributed by atoms with E-state index in [0.29, 0.717) is 30.2 Å². The van der Waals surface area contributed by atoms with Gasteiger partial charge in [-0.2, -0.15) is 5.26 Å². The first-order chi connectivity index (χ1) is 8.58. The van der Waals surface area contributed by atoms with Crippen LogP contribution in [0.3, 0.4) is 0 Å². The molecule has 1 atom stereocenters. The van der Waals surface area contributed by atoms with Crippen LogP contribution in [0, 0.1) is 23.1 Å². The Morgan fingerprint density at radius 3 is 2.72 bits per heavy atom. The summed E-state index contributed by atoms with van der Waals surface area (Å²) in [4.78, 5) is 0. The average molecular weight is 250 g/mol. The van der Waals surface area contributed by atoms with Crippen LogP contribution in [0.2, 0.25) is 0 Å². The molecule has 98 valence electrons. The number of nitrogens with one attached hydrogen (secondary N) is 1. The highest BCUT2D eigenvalue weighted by atomic mass is 19.1. The third kappa shape index (κ3) is 4.10. The van der Waals surface area contributed by atoms with Crippen LogP contribution in [0.4, 0.5) is 4.39 Å². The number of benzene rings is 1. The van der Waals surface area contributed by atoms with E-state index in [9.17, 15) is 4.39 Å². The van der Waals surface area contributed by atoms with Crippen molar-refractivity contribution in [1.82, 2.24) is 5.32 Å². The third-order valence-electron chi connectivity index (χ3n) is 2.88. The van der Waals surface area contributed by atoms with Crippen molar-refractivity contribution in [2.75, 3.05) is 13.7 Å². The molecule has 4 heteroatoms. The lowest BCUT2D eigenvalue weighted by Gasteiger charge is -2.21. The molecule has 18 heavy (non-hydrogen) atoms. The van der Waals surface area contributed by atoms with Gasteiger partial charge in [-0.1, -0.05) is 13.8 Å². The van der Waals surface area contributed by atoms with Gasteiger partial charge in [0.15, 0.2) is 0 Å². The molecule has 0 amide bonds. The standard InChI is InChI=1S/C14H19FN2O/c1-10(2)14(9-18-3)17-8-12-6-11(7-16)4-5-13(12)15/h4-6,10,14,17H,8-9H2,1-3H3. The third-order valence-corrected chi connectivity index (χ3v) is 2.88. The summed E-state index contributed by atoms with van der Waals surface area (Å²) in [6.45, 7) is 5.14. The fraction of sp³-hybridized carbons (Fsp3) is 0.500. The molecular formula is C14H19FN2O. The molecule has 0 saturated heterocycles. The number of hydrogen-bond acceptors (Lipinski definition) is 3. The van der Waals surface area contributed by atoms with Crippen molar-refractivity contribution in [1.29, 1.82) is 5.26 Å². The molecule has 0 radical (unpaired) electrons.